The van der Waals surface area contributed by atoms with Gasteiger partial charge in [-0.3, -0.25) is 0 Å². The normalized spacial score (nSPS) is 20.3. The van der Waals surface area contributed by atoms with Crippen LogP contribution in [0.5, 0.6) is 0 Å². The summed E-state index contributed by atoms with van der Waals surface area (Å²) < 4.78 is 41.8. The lowest BCUT2D eigenvalue weighted by atomic mass is 10.0. The Morgan fingerprint density at radius 2 is 2.00 bits per heavy atom. The standard InChI is InChI=1S/C16H17ClFNO2S2/c17-15-8-9-16(22-15)23(20,21)19-10-3-1-2-7-14(19)12-5-4-6-13(18)11-12/h4-6,8-9,11,14H,1-3,7,10H2. The first-order valence-electron chi connectivity index (χ1n) is 7.51. The van der Waals surface area contributed by atoms with E-state index >= 15 is 0 Å². The summed E-state index contributed by atoms with van der Waals surface area (Å²) >= 11 is 6.95. The second-order valence-corrected chi connectivity index (χ2v) is 9.43. The molecule has 0 radical (unpaired) electrons. The number of benzene rings is 1. The fraction of sp³-hybridized carbons (Fsp3) is 0.375. The highest BCUT2D eigenvalue weighted by Crippen LogP contribution is 2.37. The minimum absolute atomic E-state index is 0.241. The number of thiophene rings is 1. The first-order valence-corrected chi connectivity index (χ1v) is 10.1. The van der Waals surface area contributed by atoms with Crippen LogP contribution in [0, 0.1) is 5.82 Å². The molecule has 1 fully saturated rings. The summed E-state index contributed by atoms with van der Waals surface area (Å²) in [4.78, 5) is 0. The van der Waals surface area contributed by atoms with E-state index in [1.165, 1.54) is 22.5 Å². The van der Waals surface area contributed by atoms with Crippen LogP contribution in [0.15, 0.2) is 40.6 Å². The van der Waals surface area contributed by atoms with Gasteiger partial charge >= 0.3 is 0 Å². The molecule has 0 amide bonds. The minimum Gasteiger partial charge on any atom is -0.207 e. The van der Waals surface area contributed by atoms with Gasteiger partial charge in [-0.1, -0.05) is 36.6 Å². The van der Waals surface area contributed by atoms with E-state index in [9.17, 15) is 12.8 Å². The minimum atomic E-state index is -3.63. The molecular formula is C16H17ClFNO2S2. The first kappa shape index (κ1) is 16.9. The van der Waals surface area contributed by atoms with E-state index in [0.29, 0.717) is 22.9 Å². The zero-order valence-electron chi connectivity index (χ0n) is 12.4. The molecule has 0 bridgehead atoms. The zero-order valence-corrected chi connectivity index (χ0v) is 14.8. The summed E-state index contributed by atoms with van der Waals surface area (Å²) in [5.41, 5.74) is 0.707. The molecule has 0 N–H and O–H groups in total. The predicted molar refractivity (Wildman–Crippen MR) is 90.8 cm³/mol. The molecule has 1 unspecified atom stereocenters. The van der Waals surface area contributed by atoms with Crippen molar-refractivity contribution in [1.29, 1.82) is 0 Å². The van der Waals surface area contributed by atoms with Crippen molar-refractivity contribution in [2.75, 3.05) is 6.54 Å². The molecule has 0 spiro atoms. The monoisotopic (exact) mass is 373 g/mol. The highest BCUT2D eigenvalue weighted by atomic mass is 35.5. The Kier molecular flexibility index (Phi) is 5.06. The quantitative estimate of drug-likeness (QED) is 0.771. The van der Waals surface area contributed by atoms with Crippen molar-refractivity contribution in [2.45, 2.75) is 35.9 Å². The number of hydrogen-bond donors (Lipinski definition) is 0. The van der Waals surface area contributed by atoms with E-state index in [1.807, 2.05) is 0 Å². The highest BCUT2D eigenvalue weighted by molar-refractivity contribution is 7.91. The number of hydrogen-bond acceptors (Lipinski definition) is 3. The van der Waals surface area contributed by atoms with Gasteiger partial charge in [-0.15, -0.1) is 11.3 Å². The van der Waals surface area contributed by atoms with Gasteiger partial charge in [0.25, 0.3) is 10.0 Å². The Morgan fingerprint density at radius 3 is 2.70 bits per heavy atom. The SMILES string of the molecule is O=S(=O)(c1ccc(Cl)s1)N1CCCCCC1c1cccc(F)c1. The largest absolute Gasteiger partial charge is 0.253 e. The maximum absolute atomic E-state index is 13.6. The van der Waals surface area contributed by atoms with Crippen LogP contribution in [0.2, 0.25) is 4.34 Å². The Bertz CT molecular complexity index is 791. The average molecular weight is 374 g/mol. The smallest absolute Gasteiger partial charge is 0.207 e. The molecule has 1 saturated heterocycles. The molecule has 7 heteroatoms. The van der Waals surface area contributed by atoms with Gasteiger partial charge in [0.1, 0.15) is 10.0 Å². The third-order valence-corrected chi connectivity index (χ3v) is 7.66. The number of nitrogens with zero attached hydrogens (tertiary/aromatic N) is 1. The van der Waals surface area contributed by atoms with Crippen molar-refractivity contribution in [2.24, 2.45) is 0 Å². The van der Waals surface area contributed by atoms with Crippen LogP contribution < -0.4 is 0 Å². The molecule has 1 atom stereocenters. The third-order valence-electron chi connectivity index (χ3n) is 4.05. The van der Waals surface area contributed by atoms with Crippen LogP contribution in [-0.4, -0.2) is 19.3 Å². The van der Waals surface area contributed by atoms with Crippen molar-refractivity contribution in [3.05, 3.63) is 52.1 Å². The summed E-state index contributed by atoms with van der Waals surface area (Å²) in [7, 11) is -3.63. The molecule has 3 nitrogen and oxygen atoms in total. The maximum atomic E-state index is 13.6. The topological polar surface area (TPSA) is 37.4 Å². The van der Waals surface area contributed by atoms with Gasteiger partial charge < -0.3 is 0 Å². The van der Waals surface area contributed by atoms with Gasteiger partial charge in [0.15, 0.2) is 0 Å². The molecule has 2 aromatic rings. The van der Waals surface area contributed by atoms with Crippen LogP contribution in [-0.2, 0) is 10.0 Å². The molecule has 0 saturated carbocycles. The third kappa shape index (κ3) is 3.60. The van der Waals surface area contributed by atoms with Gasteiger partial charge in [0.2, 0.25) is 0 Å². The van der Waals surface area contributed by atoms with Crippen LogP contribution in [0.3, 0.4) is 0 Å². The lowest BCUT2D eigenvalue weighted by Gasteiger charge is -2.29. The second-order valence-electron chi connectivity index (χ2n) is 5.59. The Labute approximate surface area is 144 Å². The lowest BCUT2D eigenvalue weighted by molar-refractivity contribution is 0.329. The van der Waals surface area contributed by atoms with Gasteiger partial charge in [-0.2, -0.15) is 4.31 Å². The van der Waals surface area contributed by atoms with Crippen LogP contribution in [0.1, 0.15) is 37.3 Å². The molecule has 23 heavy (non-hydrogen) atoms. The molecule has 124 valence electrons. The maximum Gasteiger partial charge on any atom is 0.253 e. The summed E-state index contributed by atoms with van der Waals surface area (Å²) in [5, 5.41) is 0. The zero-order chi connectivity index (χ0) is 16.4. The number of sulfonamides is 1. The number of halogens is 2. The van der Waals surface area contributed by atoms with E-state index in [0.717, 1.165) is 30.6 Å². The highest BCUT2D eigenvalue weighted by Gasteiger charge is 2.34. The Hall–Kier alpha value is -0.950. The lowest BCUT2D eigenvalue weighted by Crippen LogP contribution is -2.34. The van der Waals surface area contributed by atoms with E-state index in [1.54, 1.807) is 18.2 Å². The Morgan fingerprint density at radius 1 is 1.17 bits per heavy atom. The van der Waals surface area contributed by atoms with E-state index < -0.39 is 10.0 Å². The molecule has 1 aromatic heterocycles. The predicted octanol–water partition coefficient (Wildman–Crippen LogP) is 4.85. The van der Waals surface area contributed by atoms with Gasteiger partial charge in [-0.25, -0.2) is 12.8 Å². The van der Waals surface area contributed by atoms with E-state index in [-0.39, 0.29) is 16.1 Å². The molecule has 1 aromatic carbocycles. The fourth-order valence-electron chi connectivity index (χ4n) is 2.97. The second kappa shape index (κ2) is 6.89. The van der Waals surface area contributed by atoms with Crippen LogP contribution in [0.4, 0.5) is 4.39 Å². The van der Waals surface area contributed by atoms with E-state index in [4.69, 9.17) is 11.6 Å². The van der Waals surface area contributed by atoms with Crippen molar-refractivity contribution < 1.29 is 12.8 Å². The summed E-state index contributed by atoms with van der Waals surface area (Å²) in [6.45, 7) is 0.443. The van der Waals surface area contributed by atoms with Gasteiger partial charge in [-0.05, 0) is 42.7 Å². The Balaban J connectivity index is 2.02. The van der Waals surface area contributed by atoms with Gasteiger partial charge in [0, 0.05) is 6.54 Å². The fourth-order valence-corrected chi connectivity index (χ4v) is 6.26. The number of rotatable bonds is 3. The summed E-state index contributed by atoms with van der Waals surface area (Å²) in [6.07, 6.45) is 3.41. The molecule has 1 aliphatic rings. The van der Waals surface area contributed by atoms with Crippen molar-refractivity contribution >= 4 is 33.0 Å². The summed E-state index contributed by atoms with van der Waals surface area (Å²) in [5.74, 6) is -0.344. The van der Waals surface area contributed by atoms with Gasteiger partial charge in [0.05, 0.1) is 10.4 Å². The molecule has 1 aliphatic heterocycles. The molecule has 2 heterocycles. The van der Waals surface area contributed by atoms with Crippen molar-refractivity contribution in [3.63, 3.8) is 0 Å². The van der Waals surface area contributed by atoms with Crippen LogP contribution in [0.25, 0.3) is 0 Å². The van der Waals surface area contributed by atoms with Crippen molar-refractivity contribution in [1.82, 2.24) is 4.31 Å². The molecule has 0 aliphatic carbocycles. The van der Waals surface area contributed by atoms with E-state index in [2.05, 4.69) is 0 Å². The van der Waals surface area contributed by atoms with Crippen LogP contribution >= 0.6 is 22.9 Å². The summed E-state index contributed by atoms with van der Waals surface area (Å²) in [6, 6.07) is 9.02. The molecule has 3 rings (SSSR count). The average Bonchev–Trinajstić information content (AvgIpc) is 2.81. The van der Waals surface area contributed by atoms with Crippen molar-refractivity contribution in [3.8, 4) is 0 Å². The molecular weight excluding hydrogens is 357 g/mol. The first-order chi connectivity index (χ1) is 11.0.